The van der Waals surface area contributed by atoms with Crippen molar-refractivity contribution in [3.05, 3.63) is 102 Å². The Hall–Kier alpha value is -3.07. The number of amides is 1. The van der Waals surface area contributed by atoms with Gasteiger partial charge in [-0.25, -0.2) is 0 Å². The van der Waals surface area contributed by atoms with Crippen molar-refractivity contribution >= 4 is 12.0 Å². The third-order valence-corrected chi connectivity index (χ3v) is 3.85. The minimum absolute atomic E-state index is 0.118. The van der Waals surface area contributed by atoms with Gasteiger partial charge >= 0.3 is 0 Å². The minimum Gasteiger partial charge on any atom is -0.472 e. The second kappa shape index (κ2) is 7.97. The number of hydrogen-bond donors (Lipinski definition) is 1. The van der Waals surface area contributed by atoms with Crippen LogP contribution in [0.5, 0.6) is 0 Å². The summed E-state index contributed by atoms with van der Waals surface area (Å²) in [7, 11) is 0. The van der Waals surface area contributed by atoms with E-state index in [1.165, 1.54) is 17.2 Å². The van der Waals surface area contributed by atoms with Gasteiger partial charge in [-0.3, -0.25) is 4.79 Å². The van der Waals surface area contributed by atoms with Crippen LogP contribution in [-0.2, 0) is 4.79 Å². The molecule has 1 amide bonds. The molecule has 0 unspecified atom stereocenters. The first-order valence-corrected chi connectivity index (χ1v) is 7.91. The quantitative estimate of drug-likeness (QED) is 0.691. The molecule has 2 aromatic carbocycles. The molecule has 0 radical (unpaired) electrons. The number of nitrogens with one attached hydrogen (secondary N) is 1. The molecule has 3 aromatic rings. The summed E-state index contributed by atoms with van der Waals surface area (Å²) in [6.45, 7) is 0.544. The fourth-order valence-electron chi connectivity index (χ4n) is 2.60. The SMILES string of the molecule is O=C(/C=C/c1ccoc1)NCC(c1ccccc1)c1ccccc1. The summed E-state index contributed by atoms with van der Waals surface area (Å²) >= 11 is 0. The molecule has 0 atom stereocenters. The van der Waals surface area contributed by atoms with E-state index in [0.29, 0.717) is 6.54 Å². The number of furan rings is 1. The van der Waals surface area contributed by atoms with Gasteiger partial charge in [0.1, 0.15) is 0 Å². The van der Waals surface area contributed by atoms with Crippen molar-refractivity contribution in [1.82, 2.24) is 5.32 Å². The van der Waals surface area contributed by atoms with E-state index < -0.39 is 0 Å². The Morgan fingerprint density at radius 3 is 2.12 bits per heavy atom. The fraction of sp³-hybridized carbons (Fsp3) is 0.0952. The first kappa shape index (κ1) is 15.8. The van der Waals surface area contributed by atoms with E-state index in [2.05, 4.69) is 29.6 Å². The number of benzene rings is 2. The lowest BCUT2D eigenvalue weighted by Crippen LogP contribution is -2.27. The average Bonchev–Trinajstić information content (AvgIpc) is 3.16. The minimum atomic E-state index is -0.118. The van der Waals surface area contributed by atoms with Crippen LogP contribution in [0.2, 0.25) is 0 Å². The number of rotatable bonds is 6. The highest BCUT2D eigenvalue weighted by molar-refractivity contribution is 5.91. The maximum Gasteiger partial charge on any atom is 0.244 e. The summed E-state index contributed by atoms with van der Waals surface area (Å²) in [6.07, 6.45) is 6.44. The zero-order valence-corrected chi connectivity index (χ0v) is 13.3. The Kier molecular flexibility index (Phi) is 5.25. The first-order valence-electron chi connectivity index (χ1n) is 7.91. The molecule has 3 heteroatoms. The molecule has 0 bridgehead atoms. The molecule has 0 aliphatic rings. The van der Waals surface area contributed by atoms with Crippen LogP contribution in [0.15, 0.2) is 89.7 Å². The van der Waals surface area contributed by atoms with Gasteiger partial charge in [0, 0.05) is 24.1 Å². The Morgan fingerprint density at radius 1 is 0.958 bits per heavy atom. The summed E-state index contributed by atoms with van der Waals surface area (Å²) in [4.78, 5) is 12.1. The predicted octanol–water partition coefficient (Wildman–Crippen LogP) is 4.24. The fourth-order valence-corrected chi connectivity index (χ4v) is 2.60. The summed E-state index contributed by atoms with van der Waals surface area (Å²) in [5, 5.41) is 2.99. The van der Waals surface area contributed by atoms with Gasteiger partial charge in [0.15, 0.2) is 0 Å². The van der Waals surface area contributed by atoms with Gasteiger partial charge in [0.2, 0.25) is 5.91 Å². The monoisotopic (exact) mass is 317 g/mol. The summed E-state index contributed by atoms with van der Waals surface area (Å²) in [6, 6.07) is 22.2. The van der Waals surface area contributed by atoms with Gasteiger partial charge in [0.25, 0.3) is 0 Å². The lowest BCUT2D eigenvalue weighted by molar-refractivity contribution is -0.116. The molecule has 0 fully saturated rings. The highest BCUT2D eigenvalue weighted by atomic mass is 16.3. The van der Waals surface area contributed by atoms with Crippen molar-refractivity contribution in [2.75, 3.05) is 6.54 Å². The van der Waals surface area contributed by atoms with Crippen LogP contribution < -0.4 is 5.32 Å². The molecule has 24 heavy (non-hydrogen) atoms. The molecule has 1 aromatic heterocycles. The second-order valence-electron chi connectivity index (χ2n) is 5.51. The van der Waals surface area contributed by atoms with Crippen LogP contribution in [0.3, 0.4) is 0 Å². The largest absolute Gasteiger partial charge is 0.472 e. The van der Waals surface area contributed by atoms with Crippen molar-refractivity contribution in [3.63, 3.8) is 0 Å². The van der Waals surface area contributed by atoms with Crippen molar-refractivity contribution in [1.29, 1.82) is 0 Å². The topological polar surface area (TPSA) is 42.2 Å². The van der Waals surface area contributed by atoms with Crippen LogP contribution >= 0.6 is 0 Å². The third kappa shape index (κ3) is 4.23. The third-order valence-electron chi connectivity index (χ3n) is 3.85. The van der Waals surface area contributed by atoms with E-state index in [-0.39, 0.29) is 11.8 Å². The van der Waals surface area contributed by atoms with Gasteiger partial charge < -0.3 is 9.73 Å². The molecule has 0 aliphatic carbocycles. The Morgan fingerprint density at radius 2 is 1.58 bits per heavy atom. The molecule has 0 saturated carbocycles. The molecular weight excluding hydrogens is 298 g/mol. The second-order valence-corrected chi connectivity index (χ2v) is 5.51. The average molecular weight is 317 g/mol. The highest BCUT2D eigenvalue weighted by Gasteiger charge is 2.14. The molecule has 1 N–H and O–H groups in total. The van der Waals surface area contributed by atoms with E-state index >= 15 is 0 Å². The standard InChI is InChI=1S/C21H19NO2/c23-21(12-11-17-13-14-24-16-17)22-15-20(18-7-3-1-4-8-18)19-9-5-2-6-10-19/h1-14,16,20H,15H2,(H,22,23)/b12-11+. The molecule has 3 rings (SSSR count). The van der Waals surface area contributed by atoms with Crippen molar-refractivity contribution < 1.29 is 9.21 Å². The van der Waals surface area contributed by atoms with Gasteiger partial charge in [-0.2, -0.15) is 0 Å². The van der Waals surface area contributed by atoms with Gasteiger partial charge in [-0.1, -0.05) is 60.7 Å². The van der Waals surface area contributed by atoms with Crippen LogP contribution in [0.25, 0.3) is 6.08 Å². The Balaban J connectivity index is 1.70. The Labute approximate surface area is 141 Å². The maximum atomic E-state index is 12.1. The van der Waals surface area contributed by atoms with E-state index in [9.17, 15) is 4.79 Å². The van der Waals surface area contributed by atoms with Crippen LogP contribution in [-0.4, -0.2) is 12.5 Å². The summed E-state index contributed by atoms with van der Waals surface area (Å²) < 4.78 is 4.98. The molecule has 0 aliphatic heterocycles. The molecule has 0 saturated heterocycles. The highest BCUT2D eigenvalue weighted by Crippen LogP contribution is 2.23. The van der Waals surface area contributed by atoms with Gasteiger partial charge in [0.05, 0.1) is 12.5 Å². The molecule has 3 nitrogen and oxygen atoms in total. The lowest BCUT2D eigenvalue weighted by atomic mass is 9.91. The maximum absolute atomic E-state index is 12.1. The molecule has 120 valence electrons. The summed E-state index contributed by atoms with van der Waals surface area (Å²) in [5.74, 6) is 0.00624. The summed E-state index contributed by atoms with van der Waals surface area (Å²) in [5.41, 5.74) is 3.23. The van der Waals surface area contributed by atoms with Crippen LogP contribution in [0, 0.1) is 0 Å². The smallest absolute Gasteiger partial charge is 0.244 e. The van der Waals surface area contributed by atoms with Crippen molar-refractivity contribution in [2.24, 2.45) is 0 Å². The Bertz CT molecular complexity index is 738. The van der Waals surface area contributed by atoms with Crippen LogP contribution in [0.4, 0.5) is 0 Å². The van der Waals surface area contributed by atoms with Gasteiger partial charge in [-0.05, 0) is 23.3 Å². The van der Waals surface area contributed by atoms with Gasteiger partial charge in [-0.15, -0.1) is 0 Å². The predicted molar refractivity (Wildman–Crippen MR) is 95.5 cm³/mol. The van der Waals surface area contributed by atoms with E-state index in [4.69, 9.17) is 4.42 Å². The zero-order valence-electron chi connectivity index (χ0n) is 13.3. The normalized spacial score (nSPS) is 11.0. The van der Waals surface area contributed by atoms with E-state index in [1.54, 1.807) is 24.7 Å². The molecular formula is C21H19NO2. The number of carbonyl (C=O) groups excluding carboxylic acids is 1. The number of hydrogen-bond acceptors (Lipinski definition) is 2. The van der Waals surface area contributed by atoms with Crippen LogP contribution in [0.1, 0.15) is 22.6 Å². The van der Waals surface area contributed by atoms with Crippen molar-refractivity contribution in [3.8, 4) is 0 Å². The first-order chi connectivity index (χ1) is 11.8. The number of carbonyl (C=O) groups is 1. The lowest BCUT2D eigenvalue weighted by Gasteiger charge is -2.18. The van der Waals surface area contributed by atoms with E-state index in [1.807, 2.05) is 36.4 Å². The van der Waals surface area contributed by atoms with E-state index in [0.717, 1.165) is 5.56 Å². The molecule has 1 heterocycles. The zero-order chi connectivity index (χ0) is 16.6. The van der Waals surface area contributed by atoms with Crippen molar-refractivity contribution in [2.45, 2.75) is 5.92 Å². The molecule has 0 spiro atoms.